The third-order valence-electron chi connectivity index (χ3n) is 3.51. The molecule has 114 valence electrons. The largest absolute Gasteiger partial charge is 0.454 e. The number of aromatic nitrogens is 3. The number of hydrogen-bond acceptors (Lipinski definition) is 8. The van der Waals surface area contributed by atoms with Crippen LogP contribution in [0.2, 0.25) is 0 Å². The summed E-state index contributed by atoms with van der Waals surface area (Å²) in [6.07, 6.45) is 1.66. The Morgan fingerprint density at radius 1 is 1.09 bits per heavy atom. The van der Waals surface area contributed by atoms with Gasteiger partial charge in [-0.25, -0.2) is 0 Å². The summed E-state index contributed by atoms with van der Waals surface area (Å²) >= 11 is 0. The standard InChI is InChI=1S/C14H15N5O3/c1-2-11-12(22-9-21-11)7-10(1)16-14-17-13(8-15-18-14)19-3-5-20-6-4-19/h1-2,7-8H,3-6,9H2,(H,16,17,18). The van der Waals surface area contributed by atoms with Gasteiger partial charge in [0.1, 0.15) is 0 Å². The van der Waals surface area contributed by atoms with Crippen LogP contribution < -0.4 is 19.7 Å². The van der Waals surface area contributed by atoms with E-state index in [0.29, 0.717) is 24.9 Å². The van der Waals surface area contributed by atoms with Gasteiger partial charge in [-0.2, -0.15) is 10.1 Å². The molecule has 0 unspecified atom stereocenters. The molecule has 0 radical (unpaired) electrons. The van der Waals surface area contributed by atoms with Gasteiger partial charge >= 0.3 is 0 Å². The van der Waals surface area contributed by atoms with Crippen LogP contribution in [0.4, 0.5) is 17.5 Å². The summed E-state index contributed by atoms with van der Waals surface area (Å²) in [4.78, 5) is 6.63. The number of anilines is 3. The summed E-state index contributed by atoms with van der Waals surface area (Å²) in [6, 6.07) is 5.59. The van der Waals surface area contributed by atoms with Crippen molar-refractivity contribution in [3.05, 3.63) is 24.4 Å². The first-order valence-electron chi connectivity index (χ1n) is 7.07. The molecule has 0 aliphatic carbocycles. The average Bonchev–Trinajstić information content (AvgIpc) is 3.04. The van der Waals surface area contributed by atoms with Crippen LogP contribution >= 0.6 is 0 Å². The van der Waals surface area contributed by atoms with Crippen LogP contribution in [0.15, 0.2) is 24.4 Å². The van der Waals surface area contributed by atoms with Crippen molar-refractivity contribution in [1.82, 2.24) is 15.2 Å². The number of nitrogens with zero attached hydrogens (tertiary/aromatic N) is 4. The first-order valence-corrected chi connectivity index (χ1v) is 7.07. The van der Waals surface area contributed by atoms with Gasteiger partial charge < -0.3 is 24.4 Å². The molecule has 8 heteroatoms. The fourth-order valence-corrected chi connectivity index (χ4v) is 2.40. The van der Waals surface area contributed by atoms with Crippen LogP contribution in [-0.2, 0) is 4.74 Å². The maximum Gasteiger partial charge on any atom is 0.249 e. The third kappa shape index (κ3) is 2.60. The minimum absolute atomic E-state index is 0.253. The van der Waals surface area contributed by atoms with E-state index in [1.54, 1.807) is 6.20 Å². The van der Waals surface area contributed by atoms with Gasteiger partial charge in [-0.1, -0.05) is 0 Å². The minimum Gasteiger partial charge on any atom is -0.454 e. The summed E-state index contributed by atoms with van der Waals surface area (Å²) in [5.74, 6) is 2.69. The maximum atomic E-state index is 5.35. The Labute approximate surface area is 127 Å². The molecule has 0 saturated carbocycles. The number of nitrogens with one attached hydrogen (secondary N) is 1. The summed E-state index contributed by atoms with van der Waals surface area (Å²) in [6.45, 7) is 3.28. The Morgan fingerprint density at radius 2 is 1.95 bits per heavy atom. The van der Waals surface area contributed by atoms with Gasteiger partial charge in [-0.05, 0) is 12.1 Å². The third-order valence-corrected chi connectivity index (χ3v) is 3.51. The summed E-state index contributed by atoms with van der Waals surface area (Å²) in [7, 11) is 0. The average molecular weight is 301 g/mol. The van der Waals surface area contributed by atoms with Crippen molar-refractivity contribution < 1.29 is 14.2 Å². The zero-order chi connectivity index (χ0) is 14.8. The predicted molar refractivity (Wildman–Crippen MR) is 78.7 cm³/mol. The van der Waals surface area contributed by atoms with Crippen LogP contribution in [0.1, 0.15) is 0 Å². The van der Waals surface area contributed by atoms with E-state index in [9.17, 15) is 0 Å². The maximum absolute atomic E-state index is 5.35. The number of ether oxygens (including phenoxy) is 3. The molecule has 0 spiro atoms. The van der Waals surface area contributed by atoms with Crippen LogP contribution in [0, 0.1) is 0 Å². The first kappa shape index (κ1) is 13.1. The lowest BCUT2D eigenvalue weighted by atomic mass is 10.3. The van der Waals surface area contributed by atoms with Gasteiger partial charge in [-0.3, -0.25) is 0 Å². The van der Waals surface area contributed by atoms with E-state index in [4.69, 9.17) is 14.2 Å². The highest BCUT2D eigenvalue weighted by molar-refractivity contribution is 5.60. The Morgan fingerprint density at radius 3 is 2.86 bits per heavy atom. The Bertz CT molecular complexity index is 675. The van der Waals surface area contributed by atoms with Crippen molar-refractivity contribution in [1.29, 1.82) is 0 Å². The molecule has 1 N–H and O–H groups in total. The molecular formula is C14H15N5O3. The van der Waals surface area contributed by atoms with Crippen LogP contribution in [0.25, 0.3) is 0 Å². The van der Waals surface area contributed by atoms with E-state index in [2.05, 4.69) is 25.4 Å². The summed E-state index contributed by atoms with van der Waals surface area (Å²) < 4.78 is 16.0. The molecule has 3 heterocycles. The zero-order valence-electron chi connectivity index (χ0n) is 11.9. The molecule has 2 aliphatic heterocycles. The van der Waals surface area contributed by atoms with Gasteiger partial charge in [-0.15, -0.1) is 5.10 Å². The van der Waals surface area contributed by atoms with E-state index < -0.39 is 0 Å². The number of hydrogen-bond donors (Lipinski definition) is 1. The lowest BCUT2D eigenvalue weighted by molar-refractivity contribution is 0.122. The lowest BCUT2D eigenvalue weighted by Gasteiger charge is -2.27. The van der Waals surface area contributed by atoms with Crippen LogP contribution in [0.3, 0.4) is 0 Å². The molecule has 0 atom stereocenters. The summed E-state index contributed by atoms with van der Waals surface area (Å²) in [5.41, 5.74) is 0.824. The molecule has 2 aliphatic rings. The van der Waals surface area contributed by atoms with E-state index in [0.717, 1.165) is 30.3 Å². The molecule has 0 bridgehead atoms. The fourth-order valence-electron chi connectivity index (χ4n) is 2.40. The van der Waals surface area contributed by atoms with Crippen molar-refractivity contribution in [2.45, 2.75) is 0 Å². The number of benzene rings is 1. The SMILES string of the molecule is c1cc2c(cc1Nc1nncc(N3CCOCC3)n1)OCO2. The van der Waals surface area contributed by atoms with Gasteiger partial charge in [0.25, 0.3) is 0 Å². The van der Waals surface area contributed by atoms with Crippen molar-refractivity contribution in [2.24, 2.45) is 0 Å². The highest BCUT2D eigenvalue weighted by Gasteiger charge is 2.15. The van der Waals surface area contributed by atoms with Crippen LogP contribution in [0.5, 0.6) is 11.5 Å². The predicted octanol–water partition coefficient (Wildman–Crippen LogP) is 1.18. The Balaban J connectivity index is 1.53. The monoisotopic (exact) mass is 301 g/mol. The molecule has 4 rings (SSSR count). The van der Waals surface area contributed by atoms with Crippen molar-refractivity contribution in [3.8, 4) is 11.5 Å². The van der Waals surface area contributed by atoms with Gasteiger partial charge in [0.05, 0.1) is 19.4 Å². The van der Waals surface area contributed by atoms with Gasteiger partial charge in [0.15, 0.2) is 17.3 Å². The van der Waals surface area contributed by atoms with E-state index in [-0.39, 0.29) is 6.79 Å². The highest BCUT2D eigenvalue weighted by atomic mass is 16.7. The Hall–Kier alpha value is -2.61. The normalized spacial score (nSPS) is 16.6. The topological polar surface area (TPSA) is 81.6 Å². The van der Waals surface area contributed by atoms with Crippen molar-refractivity contribution >= 4 is 17.5 Å². The van der Waals surface area contributed by atoms with E-state index >= 15 is 0 Å². The molecule has 1 fully saturated rings. The smallest absolute Gasteiger partial charge is 0.249 e. The molecule has 2 aromatic rings. The molecule has 1 aromatic heterocycles. The second kappa shape index (κ2) is 5.64. The van der Waals surface area contributed by atoms with Crippen molar-refractivity contribution in [3.63, 3.8) is 0 Å². The quantitative estimate of drug-likeness (QED) is 0.905. The number of fused-ring (bicyclic) bond motifs is 1. The number of rotatable bonds is 3. The van der Waals surface area contributed by atoms with Gasteiger partial charge in [0, 0.05) is 24.8 Å². The highest BCUT2D eigenvalue weighted by Crippen LogP contribution is 2.34. The van der Waals surface area contributed by atoms with Crippen molar-refractivity contribution in [2.75, 3.05) is 43.3 Å². The second-order valence-electron chi connectivity index (χ2n) is 4.93. The molecular weight excluding hydrogens is 286 g/mol. The minimum atomic E-state index is 0.253. The molecule has 8 nitrogen and oxygen atoms in total. The van der Waals surface area contributed by atoms with E-state index in [1.165, 1.54) is 0 Å². The first-order chi connectivity index (χ1) is 10.9. The fraction of sp³-hybridized carbons (Fsp3) is 0.357. The molecule has 22 heavy (non-hydrogen) atoms. The van der Waals surface area contributed by atoms with E-state index in [1.807, 2.05) is 18.2 Å². The van der Waals surface area contributed by atoms with Gasteiger partial charge in [0.2, 0.25) is 12.7 Å². The zero-order valence-corrected chi connectivity index (χ0v) is 11.9. The molecule has 0 amide bonds. The molecule has 1 saturated heterocycles. The summed E-state index contributed by atoms with van der Waals surface area (Å²) in [5, 5.41) is 11.2. The Kier molecular flexibility index (Phi) is 3.36. The van der Waals surface area contributed by atoms with Crippen LogP contribution in [-0.4, -0.2) is 48.3 Å². The molecule has 1 aromatic carbocycles. The lowest BCUT2D eigenvalue weighted by Crippen LogP contribution is -2.36. The second-order valence-corrected chi connectivity index (χ2v) is 4.93. The number of morpholine rings is 1.